The van der Waals surface area contributed by atoms with Crippen molar-refractivity contribution in [3.05, 3.63) is 47.0 Å². The van der Waals surface area contributed by atoms with Crippen LogP contribution in [-0.2, 0) is 19.9 Å². The summed E-state index contributed by atoms with van der Waals surface area (Å²) in [6.07, 6.45) is 3.82. The highest BCUT2D eigenvalue weighted by Gasteiger charge is 2.27. The molecule has 2 aromatic heterocycles. The molecule has 1 amide bonds. The average molecular weight is 351 g/mol. The van der Waals surface area contributed by atoms with E-state index in [1.807, 2.05) is 25.2 Å². The zero-order chi connectivity index (χ0) is 18.3. The molecule has 1 aliphatic rings. The number of amides is 1. The van der Waals surface area contributed by atoms with Gasteiger partial charge in [-0.1, -0.05) is 26.0 Å². The molecule has 1 aromatic carbocycles. The van der Waals surface area contributed by atoms with Gasteiger partial charge in [0.15, 0.2) is 5.69 Å². The number of carbonyl (C=O) groups excluding carboxylic acids is 1. The first kappa shape index (κ1) is 16.8. The lowest BCUT2D eigenvalue weighted by atomic mass is 10.0. The number of H-pyrrole nitrogens is 1. The normalized spacial score (nSPS) is 14.8. The fourth-order valence-corrected chi connectivity index (χ4v) is 3.91. The number of aromatic nitrogens is 4. The summed E-state index contributed by atoms with van der Waals surface area (Å²) in [5.74, 6) is 1.22. The molecule has 0 spiro atoms. The number of nitrogens with zero attached hydrogens (tertiary/aromatic N) is 3. The van der Waals surface area contributed by atoms with Gasteiger partial charge in [0.2, 0.25) is 0 Å². The summed E-state index contributed by atoms with van der Waals surface area (Å²) in [6, 6.07) is 7.92. The van der Waals surface area contributed by atoms with Crippen LogP contribution in [0.3, 0.4) is 0 Å². The predicted molar refractivity (Wildman–Crippen MR) is 101 cm³/mol. The minimum absolute atomic E-state index is 0.109. The van der Waals surface area contributed by atoms with Crippen molar-refractivity contribution in [3.63, 3.8) is 0 Å². The van der Waals surface area contributed by atoms with E-state index in [-0.39, 0.29) is 11.9 Å². The van der Waals surface area contributed by atoms with Crippen LogP contribution in [0.1, 0.15) is 60.3 Å². The van der Waals surface area contributed by atoms with Crippen LogP contribution in [0.5, 0.6) is 0 Å². The molecule has 3 aromatic rings. The average Bonchev–Trinajstić information content (AvgIpc) is 3.28. The Balaban J connectivity index is 1.66. The van der Waals surface area contributed by atoms with Crippen molar-refractivity contribution in [1.29, 1.82) is 0 Å². The lowest BCUT2D eigenvalue weighted by Gasteiger charge is -2.20. The minimum Gasteiger partial charge on any atom is -0.341 e. The molecule has 0 saturated heterocycles. The fraction of sp³-hybridized carbons (Fsp3) is 0.450. The second-order valence-corrected chi connectivity index (χ2v) is 7.56. The van der Waals surface area contributed by atoms with Gasteiger partial charge in [-0.2, -0.15) is 5.10 Å². The molecule has 0 bridgehead atoms. The van der Waals surface area contributed by atoms with Crippen LogP contribution < -0.4 is 5.32 Å². The lowest BCUT2D eigenvalue weighted by molar-refractivity contribution is 0.0923. The second kappa shape index (κ2) is 6.59. The molecule has 0 radical (unpaired) electrons. The van der Waals surface area contributed by atoms with Crippen molar-refractivity contribution >= 4 is 16.9 Å². The van der Waals surface area contributed by atoms with Crippen LogP contribution >= 0.6 is 0 Å². The van der Waals surface area contributed by atoms with Crippen LogP contribution in [0.4, 0.5) is 0 Å². The van der Waals surface area contributed by atoms with Gasteiger partial charge >= 0.3 is 0 Å². The molecule has 0 saturated carbocycles. The Bertz CT molecular complexity index is 952. The number of benzene rings is 1. The molecule has 2 heterocycles. The smallest absolute Gasteiger partial charge is 0.272 e. The Hall–Kier alpha value is -2.63. The number of para-hydroxylation sites is 2. The van der Waals surface area contributed by atoms with E-state index in [4.69, 9.17) is 4.98 Å². The Morgan fingerprint density at radius 3 is 2.88 bits per heavy atom. The minimum atomic E-state index is -0.145. The molecule has 26 heavy (non-hydrogen) atoms. The topological polar surface area (TPSA) is 75.6 Å². The van der Waals surface area contributed by atoms with Crippen molar-refractivity contribution < 1.29 is 4.79 Å². The van der Waals surface area contributed by atoms with Crippen LogP contribution in [0.2, 0.25) is 0 Å². The van der Waals surface area contributed by atoms with Gasteiger partial charge in [0, 0.05) is 18.3 Å². The van der Waals surface area contributed by atoms with Gasteiger partial charge < -0.3 is 9.88 Å². The number of hydrogen-bond acceptors (Lipinski definition) is 3. The van der Waals surface area contributed by atoms with Gasteiger partial charge in [0.1, 0.15) is 5.82 Å². The summed E-state index contributed by atoms with van der Waals surface area (Å²) in [5, 5.41) is 10.5. The monoisotopic (exact) mass is 351 g/mol. The number of aromatic amines is 1. The molecule has 4 rings (SSSR count). The molecular formula is C20H25N5O. The van der Waals surface area contributed by atoms with Gasteiger partial charge in [0.05, 0.1) is 17.1 Å². The molecule has 6 nitrogen and oxygen atoms in total. The number of nitrogens with one attached hydrogen (secondary N) is 2. The first-order valence-electron chi connectivity index (χ1n) is 9.33. The number of hydrogen-bond donors (Lipinski definition) is 2. The standard InChI is InChI=1S/C20H25N5O/c1-12(2)11-16(19-21-15-8-4-5-10-17(15)25(19)3)22-20(26)18-13-7-6-9-14(13)23-24-18/h4-5,8,10,12,16H,6-7,9,11H2,1-3H3,(H,22,26)(H,23,24)/t16-/m0/s1. The first-order valence-corrected chi connectivity index (χ1v) is 9.33. The third-order valence-electron chi connectivity index (χ3n) is 5.17. The van der Waals surface area contributed by atoms with Gasteiger partial charge in [-0.25, -0.2) is 4.98 Å². The van der Waals surface area contributed by atoms with Crippen molar-refractivity contribution in [1.82, 2.24) is 25.1 Å². The summed E-state index contributed by atoms with van der Waals surface area (Å²) in [6.45, 7) is 4.32. The molecule has 0 aliphatic heterocycles. The molecule has 6 heteroatoms. The molecule has 1 aliphatic carbocycles. The van der Waals surface area contributed by atoms with E-state index in [0.29, 0.717) is 11.6 Å². The zero-order valence-electron chi connectivity index (χ0n) is 15.5. The van der Waals surface area contributed by atoms with Gasteiger partial charge in [-0.15, -0.1) is 0 Å². The third kappa shape index (κ3) is 2.89. The van der Waals surface area contributed by atoms with E-state index in [1.165, 1.54) is 0 Å². The molecule has 0 unspecified atom stereocenters. The maximum atomic E-state index is 12.9. The third-order valence-corrected chi connectivity index (χ3v) is 5.17. The van der Waals surface area contributed by atoms with Gasteiger partial charge in [-0.3, -0.25) is 9.89 Å². The number of aryl methyl sites for hydroxylation is 2. The number of carbonyl (C=O) groups is 1. The quantitative estimate of drug-likeness (QED) is 0.740. The van der Waals surface area contributed by atoms with Crippen LogP contribution in [0.25, 0.3) is 11.0 Å². The van der Waals surface area contributed by atoms with Gasteiger partial charge in [0.25, 0.3) is 5.91 Å². The highest BCUT2D eigenvalue weighted by Crippen LogP contribution is 2.26. The summed E-state index contributed by atoms with van der Waals surface area (Å²) in [7, 11) is 2.01. The highest BCUT2D eigenvalue weighted by atomic mass is 16.2. The van der Waals surface area contributed by atoms with Crippen LogP contribution in [0.15, 0.2) is 24.3 Å². The van der Waals surface area contributed by atoms with E-state index in [2.05, 4.69) is 40.0 Å². The summed E-state index contributed by atoms with van der Waals surface area (Å²) >= 11 is 0. The SMILES string of the molecule is CC(C)C[C@H](NC(=O)c1n[nH]c2c1CCC2)c1nc2ccccc2n1C. The van der Waals surface area contributed by atoms with Crippen molar-refractivity contribution in [3.8, 4) is 0 Å². The molecule has 136 valence electrons. The summed E-state index contributed by atoms with van der Waals surface area (Å²) < 4.78 is 2.08. The first-order chi connectivity index (χ1) is 12.5. The maximum absolute atomic E-state index is 12.9. The van der Waals surface area contributed by atoms with Crippen molar-refractivity contribution in [2.75, 3.05) is 0 Å². The Morgan fingerprint density at radius 2 is 2.12 bits per heavy atom. The number of imidazole rings is 1. The number of rotatable bonds is 5. The van der Waals surface area contributed by atoms with Gasteiger partial charge in [-0.05, 0) is 43.7 Å². The Kier molecular flexibility index (Phi) is 4.26. The van der Waals surface area contributed by atoms with Crippen molar-refractivity contribution in [2.24, 2.45) is 13.0 Å². The molecule has 1 atom stereocenters. The highest BCUT2D eigenvalue weighted by molar-refractivity contribution is 5.94. The van der Waals surface area contributed by atoms with Crippen LogP contribution in [-0.4, -0.2) is 25.7 Å². The Labute approximate surface area is 153 Å². The number of fused-ring (bicyclic) bond motifs is 2. The van der Waals surface area contributed by atoms with E-state index < -0.39 is 0 Å². The molecule has 2 N–H and O–H groups in total. The van der Waals surface area contributed by atoms with Crippen LogP contribution in [0, 0.1) is 5.92 Å². The molecular weight excluding hydrogens is 326 g/mol. The summed E-state index contributed by atoms with van der Waals surface area (Å²) in [5.41, 5.74) is 4.76. The zero-order valence-corrected chi connectivity index (χ0v) is 15.5. The van der Waals surface area contributed by atoms with E-state index in [9.17, 15) is 4.79 Å². The van der Waals surface area contributed by atoms with E-state index in [0.717, 1.165) is 53.8 Å². The lowest BCUT2D eigenvalue weighted by Crippen LogP contribution is -2.32. The van der Waals surface area contributed by atoms with E-state index in [1.54, 1.807) is 0 Å². The largest absolute Gasteiger partial charge is 0.341 e. The summed E-state index contributed by atoms with van der Waals surface area (Å²) in [4.78, 5) is 17.7. The second-order valence-electron chi connectivity index (χ2n) is 7.56. The molecule has 0 fully saturated rings. The van der Waals surface area contributed by atoms with E-state index >= 15 is 0 Å². The maximum Gasteiger partial charge on any atom is 0.272 e. The fourth-order valence-electron chi connectivity index (χ4n) is 3.91. The van der Waals surface area contributed by atoms with Crippen molar-refractivity contribution in [2.45, 2.75) is 45.6 Å². The predicted octanol–water partition coefficient (Wildman–Crippen LogP) is 3.30. The Morgan fingerprint density at radius 1 is 1.31 bits per heavy atom.